The zero-order valence-electron chi connectivity index (χ0n) is 16.5. The molecule has 0 unspecified atom stereocenters. The van der Waals surface area contributed by atoms with Crippen LogP contribution < -0.4 is 5.32 Å². The molecule has 29 heavy (non-hydrogen) atoms. The molecule has 2 aliphatic heterocycles. The smallest absolute Gasteiger partial charge is 0.321 e. The van der Waals surface area contributed by atoms with E-state index in [1.165, 1.54) is 0 Å². The minimum atomic E-state index is -0.126. The molecule has 4 rings (SSSR count). The van der Waals surface area contributed by atoms with Crippen molar-refractivity contribution in [3.8, 4) is 0 Å². The highest BCUT2D eigenvalue weighted by molar-refractivity contribution is 6.30. The molecule has 0 bridgehead atoms. The first-order valence-corrected chi connectivity index (χ1v) is 10.5. The maximum absolute atomic E-state index is 12.6. The maximum Gasteiger partial charge on any atom is 0.321 e. The number of amides is 3. The van der Waals surface area contributed by atoms with Gasteiger partial charge in [0, 0.05) is 42.8 Å². The van der Waals surface area contributed by atoms with E-state index < -0.39 is 0 Å². The number of halogens is 1. The highest BCUT2D eigenvalue weighted by Gasteiger charge is 2.30. The minimum Gasteiger partial charge on any atom is -0.445 e. The number of anilines is 1. The predicted molar refractivity (Wildman–Crippen MR) is 110 cm³/mol. The largest absolute Gasteiger partial charge is 0.445 e. The van der Waals surface area contributed by atoms with Crippen LogP contribution in [0.2, 0.25) is 5.02 Å². The highest BCUT2D eigenvalue weighted by atomic mass is 35.5. The number of rotatable bonds is 3. The van der Waals surface area contributed by atoms with Crippen molar-refractivity contribution in [2.75, 3.05) is 31.5 Å². The Morgan fingerprint density at radius 2 is 1.72 bits per heavy atom. The topological polar surface area (TPSA) is 78.7 Å². The first-order valence-electron chi connectivity index (χ1n) is 10.1. The van der Waals surface area contributed by atoms with Gasteiger partial charge in [-0.05, 0) is 56.9 Å². The van der Waals surface area contributed by atoms with E-state index in [4.69, 9.17) is 16.0 Å². The van der Waals surface area contributed by atoms with Gasteiger partial charge in [-0.1, -0.05) is 11.6 Å². The lowest BCUT2D eigenvalue weighted by Gasteiger charge is -2.30. The lowest BCUT2D eigenvalue weighted by Crippen LogP contribution is -2.40. The monoisotopic (exact) mass is 416 g/mol. The van der Waals surface area contributed by atoms with Crippen molar-refractivity contribution < 1.29 is 14.0 Å². The van der Waals surface area contributed by atoms with Gasteiger partial charge in [-0.3, -0.25) is 4.79 Å². The number of oxazole rings is 1. The average Bonchev–Trinajstić information content (AvgIpc) is 3.39. The molecule has 1 N–H and O–H groups in total. The summed E-state index contributed by atoms with van der Waals surface area (Å²) in [5.41, 5.74) is 1.15. The fourth-order valence-corrected chi connectivity index (χ4v) is 4.05. The molecule has 1 aromatic heterocycles. The Hall–Kier alpha value is -2.54. The molecule has 2 aliphatic rings. The third-order valence-electron chi connectivity index (χ3n) is 5.64. The normalized spacial score (nSPS) is 17.6. The zero-order chi connectivity index (χ0) is 20.4. The van der Waals surface area contributed by atoms with E-state index in [1.54, 1.807) is 36.1 Å². The van der Waals surface area contributed by atoms with Crippen LogP contribution in [0, 0.1) is 6.92 Å². The summed E-state index contributed by atoms with van der Waals surface area (Å²) in [6.45, 7) is 4.61. The van der Waals surface area contributed by atoms with Gasteiger partial charge in [0.05, 0.1) is 0 Å². The van der Waals surface area contributed by atoms with E-state index in [9.17, 15) is 9.59 Å². The summed E-state index contributed by atoms with van der Waals surface area (Å²) in [6, 6.07) is 6.92. The van der Waals surface area contributed by atoms with Gasteiger partial charge in [0.25, 0.3) is 5.91 Å². The van der Waals surface area contributed by atoms with Crippen molar-refractivity contribution in [1.82, 2.24) is 14.8 Å². The van der Waals surface area contributed by atoms with Gasteiger partial charge in [-0.2, -0.15) is 0 Å². The molecule has 0 saturated carbocycles. The molecule has 2 aromatic rings. The van der Waals surface area contributed by atoms with Crippen LogP contribution in [0.15, 0.2) is 28.7 Å². The molecule has 2 fully saturated rings. The third-order valence-corrected chi connectivity index (χ3v) is 5.89. The van der Waals surface area contributed by atoms with Crippen molar-refractivity contribution in [2.24, 2.45) is 0 Å². The van der Waals surface area contributed by atoms with E-state index in [2.05, 4.69) is 10.3 Å². The number of aryl methyl sites for hydroxylation is 1. The van der Waals surface area contributed by atoms with E-state index in [1.807, 2.05) is 4.90 Å². The molecule has 3 heterocycles. The molecule has 7 nitrogen and oxygen atoms in total. The minimum absolute atomic E-state index is 0.0326. The van der Waals surface area contributed by atoms with Gasteiger partial charge in [-0.25, -0.2) is 9.78 Å². The van der Waals surface area contributed by atoms with Crippen molar-refractivity contribution in [2.45, 2.75) is 38.5 Å². The second kappa shape index (κ2) is 8.45. The van der Waals surface area contributed by atoms with E-state index >= 15 is 0 Å². The number of nitrogens with zero attached hydrogens (tertiary/aromatic N) is 3. The predicted octanol–water partition coefficient (Wildman–Crippen LogP) is 4.28. The summed E-state index contributed by atoms with van der Waals surface area (Å²) in [5.74, 6) is 1.28. The molecule has 0 radical (unpaired) electrons. The van der Waals surface area contributed by atoms with Crippen LogP contribution in [-0.2, 0) is 0 Å². The number of urea groups is 1. The summed E-state index contributed by atoms with van der Waals surface area (Å²) in [4.78, 5) is 33.3. The Labute approximate surface area is 175 Å². The molecule has 8 heteroatoms. The maximum atomic E-state index is 12.6. The van der Waals surface area contributed by atoms with Crippen molar-refractivity contribution in [3.63, 3.8) is 0 Å². The van der Waals surface area contributed by atoms with E-state index in [0.29, 0.717) is 35.5 Å². The summed E-state index contributed by atoms with van der Waals surface area (Å²) >= 11 is 5.88. The number of nitrogens with one attached hydrogen (secondary N) is 1. The third kappa shape index (κ3) is 4.40. The highest BCUT2D eigenvalue weighted by Crippen LogP contribution is 2.30. The number of hydrogen-bond donors (Lipinski definition) is 1. The molecule has 1 aromatic carbocycles. The standard InChI is InChI=1S/C21H25ClN4O3/c1-14-18(20(27)25-10-2-3-11-25)24-19(29-14)15-8-12-26(13-9-15)21(28)23-17-6-4-16(22)5-7-17/h4-7,15H,2-3,8-13H2,1H3,(H,23,28). The van der Waals surface area contributed by atoms with Gasteiger partial charge in [-0.15, -0.1) is 0 Å². The second-order valence-corrected chi connectivity index (χ2v) is 8.09. The fraction of sp³-hybridized carbons (Fsp3) is 0.476. The van der Waals surface area contributed by atoms with Gasteiger partial charge in [0.1, 0.15) is 5.76 Å². The van der Waals surface area contributed by atoms with Crippen LogP contribution in [0.3, 0.4) is 0 Å². The first-order chi connectivity index (χ1) is 14.0. The number of aromatic nitrogens is 1. The summed E-state index contributed by atoms with van der Waals surface area (Å²) in [7, 11) is 0. The van der Waals surface area contributed by atoms with Crippen LogP contribution in [-0.4, -0.2) is 52.9 Å². The van der Waals surface area contributed by atoms with Crippen molar-refractivity contribution in [3.05, 3.63) is 46.6 Å². The van der Waals surface area contributed by atoms with Gasteiger partial charge in [0.15, 0.2) is 11.6 Å². The average molecular weight is 417 g/mol. The molecule has 2 saturated heterocycles. The van der Waals surface area contributed by atoms with Gasteiger partial charge in [0.2, 0.25) is 0 Å². The lowest BCUT2D eigenvalue weighted by molar-refractivity contribution is 0.0786. The second-order valence-electron chi connectivity index (χ2n) is 7.65. The molecule has 3 amide bonds. The van der Waals surface area contributed by atoms with Gasteiger partial charge >= 0.3 is 6.03 Å². The van der Waals surface area contributed by atoms with Crippen LogP contribution in [0.5, 0.6) is 0 Å². The first kappa shape index (κ1) is 19.8. The quantitative estimate of drug-likeness (QED) is 0.809. The number of likely N-dealkylation sites (tertiary alicyclic amines) is 2. The lowest BCUT2D eigenvalue weighted by atomic mass is 9.97. The SMILES string of the molecule is Cc1oc(C2CCN(C(=O)Nc3ccc(Cl)cc3)CC2)nc1C(=O)N1CCCC1. The Morgan fingerprint density at radius 1 is 1.07 bits per heavy atom. The van der Waals surface area contributed by atoms with Crippen LogP contribution in [0.1, 0.15) is 53.7 Å². The summed E-state index contributed by atoms with van der Waals surface area (Å²) in [5, 5.41) is 3.52. The van der Waals surface area contributed by atoms with E-state index in [-0.39, 0.29) is 17.9 Å². The molecule has 0 aliphatic carbocycles. The number of benzene rings is 1. The van der Waals surface area contributed by atoms with Crippen LogP contribution in [0.4, 0.5) is 10.5 Å². The van der Waals surface area contributed by atoms with Crippen LogP contribution >= 0.6 is 11.6 Å². The number of piperidine rings is 1. The summed E-state index contributed by atoms with van der Waals surface area (Å²) < 4.78 is 5.85. The Kier molecular flexibility index (Phi) is 5.76. The Bertz CT molecular complexity index is 882. The Morgan fingerprint density at radius 3 is 2.38 bits per heavy atom. The Balaban J connectivity index is 1.34. The zero-order valence-corrected chi connectivity index (χ0v) is 17.2. The number of carbonyl (C=O) groups excluding carboxylic acids is 2. The summed E-state index contributed by atoms with van der Waals surface area (Å²) in [6.07, 6.45) is 3.61. The molecule has 0 spiro atoms. The van der Waals surface area contributed by atoms with Crippen molar-refractivity contribution in [1.29, 1.82) is 0 Å². The number of carbonyl (C=O) groups is 2. The molecular formula is C21H25ClN4O3. The van der Waals surface area contributed by atoms with Crippen molar-refractivity contribution >= 4 is 29.2 Å². The van der Waals surface area contributed by atoms with Crippen LogP contribution in [0.25, 0.3) is 0 Å². The fourth-order valence-electron chi connectivity index (χ4n) is 3.93. The molecule has 0 atom stereocenters. The van der Waals surface area contributed by atoms with E-state index in [0.717, 1.165) is 44.5 Å². The molecule has 154 valence electrons. The van der Waals surface area contributed by atoms with Gasteiger partial charge < -0.3 is 19.5 Å². The number of hydrogen-bond acceptors (Lipinski definition) is 4. The molecular weight excluding hydrogens is 392 g/mol.